The van der Waals surface area contributed by atoms with Crippen LogP contribution in [-0.4, -0.2) is 47.4 Å². The molecule has 7 heteroatoms. The molecule has 3 aromatic rings. The summed E-state index contributed by atoms with van der Waals surface area (Å²) in [5.41, 5.74) is 2.75. The first-order valence-corrected chi connectivity index (χ1v) is 13.0. The number of carbonyl (C=O) groups is 2. The first-order valence-electron chi connectivity index (χ1n) is 13.0. The second-order valence-electron chi connectivity index (χ2n) is 10.0. The minimum Gasteiger partial charge on any atom is -0.354 e. The Morgan fingerprint density at radius 1 is 1.14 bits per heavy atom. The van der Waals surface area contributed by atoms with Gasteiger partial charge in [0.1, 0.15) is 11.3 Å². The molecule has 2 heterocycles. The standard InChI is InChI=1S/C29H33FN4O2/c1-19(20-9-4-2-5-10-20)32-29(36)26-22-13-8-14-24(30)28(22)33-27(21-11-6-3-7-12-21)23(26)17-34-16-15-31-25(35)18-34/h3,6-8,11-14,19-20H,2,4-5,9-10,15-18H2,1H3,(H,31,35)(H,32,36)/t19-/m0/s1. The number of amides is 2. The van der Waals surface area contributed by atoms with Crippen LogP contribution in [0.1, 0.15) is 54.9 Å². The number of para-hydroxylation sites is 1. The van der Waals surface area contributed by atoms with Crippen molar-refractivity contribution in [1.29, 1.82) is 0 Å². The van der Waals surface area contributed by atoms with Gasteiger partial charge in [0.05, 0.1) is 17.8 Å². The van der Waals surface area contributed by atoms with Crippen molar-refractivity contribution in [3.05, 3.63) is 65.5 Å². The molecule has 2 aromatic carbocycles. The number of halogens is 1. The number of piperazine rings is 1. The first kappa shape index (κ1) is 24.4. The second-order valence-corrected chi connectivity index (χ2v) is 10.0. The Morgan fingerprint density at radius 3 is 2.67 bits per heavy atom. The van der Waals surface area contributed by atoms with Gasteiger partial charge in [0.15, 0.2) is 0 Å². The molecule has 1 saturated carbocycles. The van der Waals surface area contributed by atoms with Crippen LogP contribution in [0.3, 0.4) is 0 Å². The van der Waals surface area contributed by atoms with Crippen molar-refractivity contribution in [3.8, 4) is 11.3 Å². The predicted octanol–water partition coefficient (Wildman–Crippen LogP) is 4.67. The molecule has 1 aliphatic carbocycles. The quantitative estimate of drug-likeness (QED) is 0.529. The Hall–Kier alpha value is -3.32. The normalized spacial score (nSPS) is 18.1. The van der Waals surface area contributed by atoms with E-state index in [0.29, 0.717) is 42.2 Å². The van der Waals surface area contributed by atoms with Crippen LogP contribution in [0.15, 0.2) is 48.5 Å². The van der Waals surface area contributed by atoms with E-state index in [0.717, 1.165) is 24.0 Å². The van der Waals surface area contributed by atoms with Gasteiger partial charge in [-0.2, -0.15) is 0 Å². The number of hydrogen-bond acceptors (Lipinski definition) is 4. The van der Waals surface area contributed by atoms with E-state index in [4.69, 9.17) is 4.98 Å². The molecule has 188 valence electrons. The third-order valence-electron chi connectivity index (χ3n) is 7.56. The highest BCUT2D eigenvalue weighted by Crippen LogP contribution is 2.33. The lowest BCUT2D eigenvalue weighted by molar-refractivity contribution is -0.124. The highest BCUT2D eigenvalue weighted by molar-refractivity contribution is 6.09. The van der Waals surface area contributed by atoms with E-state index in [9.17, 15) is 9.59 Å². The van der Waals surface area contributed by atoms with Gasteiger partial charge in [0, 0.05) is 42.2 Å². The van der Waals surface area contributed by atoms with Gasteiger partial charge in [0.2, 0.25) is 5.91 Å². The van der Waals surface area contributed by atoms with Crippen molar-refractivity contribution in [2.24, 2.45) is 5.92 Å². The van der Waals surface area contributed by atoms with Crippen LogP contribution >= 0.6 is 0 Å². The third-order valence-corrected chi connectivity index (χ3v) is 7.56. The summed E-state index contributed by atoms with van der Waals surface area (Å²) < 4.78 is 15.1. The molecule has 0 radical (unpaired) electrons. The first-order chi connectivity index (χ1) is 17.5. The van der Waals surface area contributed by atoms with E-state index in [1.54, 1.807) is 12.1 Å². The maximum Gasteiger partial charge on any atom is 0.252 e. The van der Waals surface area contributed by atoms with Crippen LogP contribution in [0.25, 0.3) is 22.2 Å². The van der Waals surface area contributed by atoms with Gasteiger partial charge in [-0.25, -0.2) is 9.37 Å². The van der Waals surface area contributed by atoms with E-state index in [-0.39, 0.29) is 29.9 Å². The van der Waals surface area contributed by atoms with Crippen molar-refractivity contribution in [2.75, 3.05) is 19.6 Å². The van der Waals surface area contributed by atoms with Gasteiger partial charge in [-0.3, -0.25) is 14.5 Å². The highest BCUT2D eigenvalue weighted by Gasteiger charge is 2.28. The molecule has 0 spiro atoms. The number of carbonyl (C=O) groups excluding carboxylic acids is 2. The molecule has 36 heavy (non-hydrogen) atoms. The number of nitrogens with zero attached hydrogens (tertiary/aromatic N) is 2. The number of pyridine rings is 1. The molecule has 2 amide bonds. The molecule has 0 unspecified atom stereocenters. The van der Waals surface area contributed by atoms with Crippen LogP contribution in [-0.2, 0) is 11.3 Å². The molecule has 5 rings (SSSR count). The molecular weight excluding hydrogens is 455 g/mol. The third kappa shape index (κ3) is 5.12. The number of benzene rings is 2. The second kappa shape index (κ2) is 10.7. The lowest BCUT2D eigenvalue weighted by atomic mass is 9.84. The highest BCUT2D eigenvalue weighted by atomic mass is 19.1. The van der Waals surface area contributed by atoms with Crippen molar-refractivity contribution in [1.82, 2.24) is 20.5 Å². The summed E-state index contributed by atoms with van der Waals surface area (Å²) in [4.78, 5) is 32.9. The summed E-state index contributed by atoms with van der Waals surface area (Å²) in [6.45, 7) is 3.91. The van der Waals surface area contributed by atoms with E-state index in [2.05, 4.69) is 17.6 Å². The fraction of sp³-hybridized carbons (Fsp3) is 0.414. The van der Waals surface area contributed by atoms with E-state index < -0.39 is 5.82 Å². The fourth-order valence-corrected chi connectivity index (χ4v) is 5.62. The molecular formula is C29H33FN4O2. The van der Waals surface area contributed by atoms with Crippen molar-refractivity contribution >= 4 is 22.7 Å². The summed E-state index contributed by atoms with van der Waals surface area (Å²) in [6.07, 6.45) is 5.85. The van der Waals surface area contributed by atoms with E-state index >= 15 is 4.39 Å². The lowest BCUT2D eigenvalue weighted by Crippen LogP contribution is -2.47. The molecule has 2 fully saturated rings. The van der Waals surface area contributed by atoms with E-state index in [1.807, 2.05) is 35.2 Å². The van der Waals surface area contributed by atoms with E-state index in [1.165, 1.54) is 25.3 Å². The molecule has 2 aliphatic rings. The smallest absolute Gasteiger partial charge is 0.252 e. The van der Waals surface area contributed by atoms with Gasteiger partial charge >= 0.3 is 0 Å². The summed E-state index contributed by atoms with van der Waals surface area (Å²) in [6, 6.07) is 14.4. The minimum absolute atomic E-state index is 0.0170. The van der Waals surface area contributed by atoms with Crippen molar-refractivity contribution in [2.45, 2.75) is 51.6 Å². The molecule has 0 bridgehead atoms. The Labute approximate surface area is 211 Å². The Bertz CT molecular complexity index is 1260. The van der Waals surface area contributed by atoms with Crippen LogP contribution in [0.4, 0.5) is 4.39 Å². The molecule has 1 aliphatic heterocycles. The zero-order chi connectivity index (χ0) is 25.1. The van der Waals surface area contributed by atoms with Gasteiger partial charge in [-0.05, 0) is 31.7 Å². The number of aromatic nitrogens is 1. The number of fused-ring (bicyclic) bond motifs is 1. The fourth-order valence-electron chi connectivity index (χ4n) is 5.62. The molecule has 1 atom stereocenters. The van der Waals surface area contributed by atoms with Crippen molar-refractivity contribution < 1.29 is 14.0 Å². The monoisotopic (exact) mass is 488 g/mol. The Kier molecular flexibility index (Phi) is 7.28. The maximum atomic E-state index is 15.1. The van der Waals surface area contributed by atoms with Gasteiger partial charge in [-0.15, -0.1) is 0 Å². The average Bonchev–Trinajstić information content (AvgIpc) is 2.89. The average molecular weight is 489 g/mol. The van der Waals surface area contributed by atoms with Gasteiger partial charge in [0.25, 0.3) is 5.91 Å². The number of hydrogen-bond donors (Lipinski definition) is 2. The van der Waals surface area contributed by atoms with Crippen molar-refractivity contribution in [3.63, 3.8) is 0 Å². The zero-order valence-corrected chi connectivity index (χ0v) is 20.7. The minimum atomic E-state index is -0.456. The molecule has 2 N–H and O–H groups in total. The maximum absolute atomic E-state index is 15.1. The number of rotatable bonds is 6. The van der Waals surface area contributed by atoms with Crippen LogP contribution < -0.4 is 10.6 Å². The summed E-state index contributed by atoms with van der Waals surface area (Å²) in [5, 5.41) is 6.61. The van der Waals surface area contributed by atoms with Gasteiger partial charge in [-0.1, -0.05) is 61.7 Å². The SMILES string of the molecule is C[C@H](NC(=O)c1c(CN2CCNC(=O)C2)c(-c2ccccc2)nc2c(F)cccc12)C1CCCCC1. The Morgan fingerprint density at radius 2 is 1.92 bits per heavy atom. The van der Waals surface area contributed by atoms with Crippen LogP contribution in [0, 0.1) is 11.7 Å². The predicted molar refractivity (Wildman–Crippen MR) is 139 cm³/mol. The summed E-state index contributed by atoms with van der Waals surface area (Å²) in [7, 11) is 0. The largest absolute Gasteiger partial charge is 0.354 e. The molecule has 1 aromatic heterocycles. The number of nitrogens with one attached hydrogen (secondary N) is 2. The molecule has 1 saturated heterocycles. The summed E-state index contributed by atoms with van der Waals surface area (Å²) >= 11 is 0. The zero-order valence-electron chi connectivity index (χ0n) is 20.7. The van der Waals surface area contributed by atoms with Crippen LogP contribution in [0.5, 0.6) is 0 Å². The van der Waals surface area contributed by atoms with Crippen LogP contribution in [0.2, 0.25) is 0 Å². The topological polar surface area (TPSA) is 74.3 Å². The van der Waals surface area contributed by atoms with Gasteiger partial charge < -0.3 is 10.6 Å². The summed E-state index contributed by atoms with van der Waals surface area (Å²) in [5.74, 6) is -0.266. The Balaban J connectivity index is 1.64. The lowest BCUT2D eigenvalue weighted by Gasteiger charge is -2.30. The molecule has 6 nitrogen and oxygen atoms in total.